The maximum atomic E-state index is 14.6. The van der Waals surface area contributed by atoms with Crippen molar-refractivity contribution in [1.82, 2.24) is 10.6 Å². The molecule has 0 heterocycles. The van der Waals surface area contributed by atoms with Gasteiger partial charge >= 0.3 is 0 Å². The van der Waals surface area contributed by atoms with Crippen molar-refractivity contribution >= 4 is 11.8 Å². The van der Waals surface area contributed by atoms with Crippen LogP contribution in [0.5, 0.6) is 46.0 Å². The second-order valence-corrected chi connectivity index (χ2v) is 30.8. The summed E-state index contributed by atoms with van der Waals surface area (Å²) in [4.78, 5) is 29.1. The number of carbonyl (C=O) groups excluding carboxylic acids is 2. The maximum Gasteiger partial charge on any atom is 0.255 e. The summed E-state index contributed by atoms with van der Waals surface area (Å²) in [7, 11) is 0. The molecule has 11 rings (SSSR count). The van der Waals surface area contributed by atoms with E-state index in [0.29, 0.717) is 45.6 Å². The number of para-hydroxylation sites is 2. The highest BCUT2D eigenvalue weighted by atomic mass is 16.5. The van der Waals surface area contributed by atoms with Crippen LogP contribution in [-0.2, 0) is 73.8 Å². The van der Waals surface area contributed by atoms with Gasteiger partial charge in [-0.25, -0.2) is 0 Å². The largest absolute Gasteiger partial charge is 0.507 e. The van der Waals surface area contributed by atoms with E-state index in [1.807, 2.05) is 133 Å². The van der Waals surface area contributed by atoms with E-state index in [1.54, 1.807) is 24.3 Å². The van der Waals surface area contributed by atoms with Crippen molar-refractivity contribution in [1.29, 1.82) is 0 Å². The molecule has 1 aliphatic carbocycles. The molecule has 0 aromatic heterocycles. The van der Waals surface area contributed by atoms with E-state index in [1.165, 1.54) is 0 Å². The summed E-state index contributed by atoms with van der Waals surface area (Å²) < 4.78 is 39.9. The minimum Gasteiger partial charge on any atom is -0.507 e. The lowest BCUT2D eigenvalue weighted by Gasteiger charge is -2.28. The predicted molar refractivity (Wildman–Crippen MR) is 407 cm³/mol. The normalized spacial score (nSPS) is 12.4. The van der Waals surface area contributed by atoms with Crippen molar-refractivity contribution in [2.45, 2.75) is 157 Å². The number of benzene rings is 10. The molecule has 528 valence electrons. The molecule has 1 aliphatic rings. The highest BCUT2D eigenvalue weighted by Gasteiger charge is 2.30. The van der Waals surface area contributed by atoms with E-state index >= 15 is 0 Å². The molecule has 0 saturated heterocycles. The van der Waals surface area contributed by atoms with E-state index in [-0.39, 0.29) is 123 Å². The van der Waals surface area contributed by atoms with Crippen molar-refractivity contribution in [2.24, 2.45) is 0 Å². The van der Waals surface area contributed by atoms with E-state index in [9.17, 15) is 19.8 Å². The smallest absolute Gasteiger partial charge is 0.255 e. The summed E-state index contributed by atoms with van der Waals surface area (Å²) in [6, 6.07) is 67.4. The average Bonchev–Trinajstić information content (AvgIpc) is 0.765. The Bertz CT molecular complexity index is 4170. The first-order valence-corrected chi connectivity index (χ1v) is 35.5. The van der Waals surface area contributed by atoms with Gasteiger partial charge in [-0.05, 0) is 135 Å². The standard InChI is InChI=1S/C90H98N2O10/c1-87(2,3)71-47-63-43-67-51-73(89(7,8)9)53-69(81(67)97-41-39-91-85(95)75-35-25-37-77(99-55-59-27-17-13-18-28-59)83(75)101-57-61-31-21-15-22-32-61)45-65-49-72(88(4,5)6)50-66(80(65)94)46-70-54-74(90(10,11)12)52-68(44-64(48-71)79(63)93)82(70)98-42-40-92-86(96)76-36-26-38-78(100-56-60-29-19-14-20-30-60)84(76)102-58-62-33-23-16-24-34-62/h13-38,47-54,93-94H,39-46,55-58H2,1-12H3,(H,91,95)(H,92,96). The number of phenolic OH excluding ortho intramolecular Hbond substituents is 2. The molecule has 0 saturated carbocycles. The summed E-state index contributed by atoms with van der Waals surface area (Å²) in [6.45, 7) is 27.7. The van der Waals surface area contributed by atoms with Crippen LogP contribution in [0.25, 0.3) is 0 Å². The van der Waals surface area contributed by atoms with Gasteiger partial charge in [0.2, 0.25) is 0 Å². The van der Waals surface area contributed by atoms with Gasteiger partial charge in [-0.1, -0.05) is 265 Å². The van der Waals surface area contributed by atoms with Crippen LogP contribution in [0.4, 0.5) is 0 Å². The van der Waals surface area contributed by atoms with Gasteiger partial charge in [0.1, 0.15) is 62.6 Å². The molecule has 0 spiro atoms. The third-order valence-electron chi connectivity index (χ3n) is 18.7. The Balaban J connectivity index is 0.951. The van der Waals surface area contributed by atoms with E-state index in [4.69, 9.17) is 28.4 Å². The second-order valence-electron chi connectivity index (χ2n) is 30.8. The number of ether oxygens (including phenoxy) is 6. The zero-order valence-electron chi connectivity index (χ0n) is 61.3. The number of rotatable bonds is 22. The molecule has 12 nitrogen and oxygen atoms in total. The minimum absolute atomic E-state index is 0.0856. The van der Waals surface area contributed by atoms with Crippen molar-refractivity contribution in [2.75, 3.05) is 26.3 Å². The van der Waals surface area contributed by atoms with Gasteiger partial charge < -0.3 is 49.3 Å². The lowest BCUT2D eigenvalue weighted by molar-refractivity contribution is 0.0933. The number of hydrogen-bond donors (Lipinski definition) is 4. The van der Waals surface area contributed by atoms with Gasteiger partial charge in [0.15, 0.2) is 23.0 Å². The van der Waals surface area contributed by atoms with Gasteiger partial charge in [0, 0.05) is 25.7 Å². The maximum absolute atomic E-state index is 14.6. The molecule has 0 fully saturated rings. The number of aromatic hydroxyl groups is 2. The molecule has 0 unspecified atom stereocenters. The fraction of sp³-hybridized carbons (Fsp3) is 0.311. The fourth-order valence-corrected chi connectivity index (χ4v) is 12.7. The van der Waals surface area contributed by atoms with Crippen LogP contribution >= 0.6 is 0 Å². The summed E-state index contributed by atoms with van der Waals surface area (Å²) in [5.74, 6) is 2.40. The van der Waals surface area contributed by atoms with Crippen LogP contribution < -0.4 is 39.1 Å². The molecule has 8 bridgehead atoms. The molecular weight excluding hydrogens is 1270 g/mol. The Labute approximate surface area is 603 Å². The number of amides is 2. The molecule has 0 aliphatic heterocycles. The van der Waals surface area contributed by atoms with Gasteiger partial charge in [-0.15, -0.1) is 0 Å². The molecule has 12 heteroatoms. The van der Waals surface area contributed by atoms with Gasteiger partial charge in [-0.3, -0.25) is 9.59 Å². The Morgan fingerprint density at radius 3 is 0.833 bits per heavy atom. The molecule has 10 aromatic rings. The van der Waals surface area contributed by atoms with Crippen LogP contribution in [0.15, 0.2) is 206 Å². The summed E-state index contributed by atoms with van der Waals surface area (Å²) >= 11 is 0. The lowest BCUT2D eigenvalue weighted by atomic mass is 9.79. The van der Waals surface area contributed by atoms with Crippen molar-refractivity contribution in [3.63, 3.8) is 0 Å². The second kappa shape index (κ2) is 31.6. The molecule has 4 N–H and O–H groups in total. The number of fused-ring (bicyclic) bond motifs is 8. The monoisotopic (exact) mass is 1370 g/mol. The number of carbonyl (C=O) groups is 2. The number of phenols is 2. The Morgan fingerprint density at radius 1 is 0.314 bits per heavy atom. The number of nitrogens with one attached hydrogen (secondary N) is 2. The third-order valence-corrected chi connectivity index (χ3v) is 18.7. The quantitative estimate of drug-likeness (QED) is 0.0482. The van der Waals surface area contributed by atoms with Crippen LogP contribution in [0, 0.1) is 0 Å². The number of hydrogen-bond acceptors (Lipinski definition) is 10. The topological polar surface area (TPSA) is 154 Å². The fourth-order valence-electron chi connectivity index (χ4n) is 12.7. The highest BCUT2D eigenvalue weighted by molar-refractivity contribution is 5.98. The lowest BCUT2D eigenvalue weighted by Crippen LogP contribution is -2.29. The first kappa shape index (κ1) is 72.8. The SMILES string of the molecule is CC(C)(C)c1cc2c(O)c(c1)Cc1cc(C(C)(C)C)cc(c1OCCNC(=O)c1cccc(OCc3ccccc3)c1OCc1ccccc1)Cc1cc(C(C)(C)C)cc(c1O)Cc1cc(C(C)(C)C)cc(c1OCCNC(=O)c1cccc(OCc3ccccc3)c1OCc1ccccc1)C2. The molecule has 10 aromatic carbocycles. The van der Waals surface area contributed by atoms with E-state index in [2.05, 4.69) is 142 Å². The van der Waals surface area contributed by atoms with Gasteiger partial charge in [0.05, 0.1) is 24.2 Å². The zero-order chi connectivity index (χ0) is 72.3. The predicted octanol–water partition coefficient (Wildman–Crippen LogP) is 18.9. The Morgan fingerprint density at radius 2 is 0.569 bits per heavy atom. The average molecular weight is 1370 g/mol. The van der Waals surface area contributed by atoms with Crippen LogP contribution in [0.3, 0.4) is 0 Å². The molecular formula is C90H98N2O10. The van der Waals surface area contributed by atoms with Crippen molar-refractivity contribution in [3.8, 4) is 46.0 Å². The first-order valence-electron chi connectivity index (χ1n) is 35.5. The van der Waals surface area contributed by atoms with Crippen LogP contribution in [0.2, 0.25) is 0 Å². The first-order chi connectivity index (χ1) is 48.7. The van der Waals surface area contributed by atoms with Gasteiger partial charge in [-0.2, -0.15) is 0 Å². The minimum atomic E-state index is -0.355. The Kier molecular flexibility index (Phi) is 22.6. The van der Waals surface area contributed by atoms with Crippen molar-refractivity contribution < 1.29 is 48.2 Å². The van der Waals surface area contributed by atoms with Crippen LogP contribution in [0.1, 0.15) is 193 Å². The van der Waals surface area contributed by atoms with Crippen LogP contribution in [-0.4, -0.2) is 48.3 Å². The molecule has 102 heavy (non-hydrogen) atoms. The van der Waals surface area contributed by atoms with E-state index < -0.39 is 0 Å². The van der Waals surface area contributed by atoms with Crippen molar-refractivity contribution in [3.05, 3.63) is 306 Å². The Hall–Kier alpha value is -10.5. The molecule has 0 radical (unpaired) electrons. The third kappa shape index (κ3) is 18.4. The highest BCUT2D eigenvalue weighted by Crippen LogP contribution is 2.45. The zero-order valence-corrected chi connectivity index (χ0v) is 61.3. The molecule has 0 atom stereocenters. The molecule has 2 amide bonds. The van der Waals surface area contributed by atoms with E-state index in [0.717, 1.165) is 89.0 Å². The summed E-state index contributed by atoms with van der Waals surface area (Å²) in [5.41, 5.74) is 13.6. The summed E-state index contributed by atoms with van der Waals surface area (Å²) in [6.07, 6.45) is 1.15. The van der Waals surface area contributed by atoms with Gasteiger partial charge in [0.25, 0.3) is 11.8 Å². The summed E-state index contributed by atoms with van der Waals surface area (Å²) in [5, 5.41) is 32.5.